The monoisotopic (exact) mass is 171 g/mol. The van der Waals surface area contributed by atoms with E-state index in [1.165, 1.54) is 12.1 Å². The molecule has 1 rings (SSSR count). The van der Waals surface area contributed by atoms with Crippen LogP contribution in [-0.2, 0) is 4.79 Å². The summed E-state index contributed by atoms with van der Waals surface area (Å²) in [5, 5.41) is 7.60. The molecule has 0 amide bonds. The molecule has 0 aromatic heterocycles. The van der Waals surface area contributed by atoms with Crippen LogP contribution in [0.25, 0.3) is 0 Å². The summed E-state index contributed by atoms with van der Waals surface area (Å²) in [5.41, 5.74) is 4.57. The van der Waals surface area contributed by atoms with Crippen molar-refractivity contribution in [2.45, 2.75) is 0 Å². The Bertz CT molecular complexity index is 226. The Kier molecular flexibility index (Phi) is 5.55. The third-order valence-corrected chi connectivity index (χ3v) is 0.908. The van der Waals surface area contributed by atoms with Crippen molar-refractivity contribution in [1.29, 1.82) is 0 Å². The zero-order valence-electron chi connectivity index (χ0n) is 6.40. The van der Waals surface area contributed by atoms with Gasteiger partial charge in [0.25, 0.3) is 0 Å². The van der Waals surface area contributed by atoms with E-state index < -0.39 is 5.97 Å². The fraction of sp³-hybridized carbons (Fsp3) is 0.125. The topological polar surface area (TPSA) is 63.3 Å². The summed E-state index contributed by atoms with van der Waals surface area (Å²) >= 11 is 0. The largest absolute Gasteiger partial charge is 0.480 e. The number of carboxylic acids is 1. The van der Waals surface area contributed by atoms with E-state index in [9.17, 15) is 9.18 Å². The fourth-order valence-electron chi connectivity index (χ4n) is 0.415. The molecule has 12 heavy (non-hydrogen) atoms. The van der Waals surface area contributed by atoms with Gasteiger partial charge >= 0.3 is 5.97 Å². The Morgan fingerprint density at radius 2 is 1.83 bits per heavy atom. The number of hydrogen-bond acceptors (Lipinski definition) is 2. The molecule has 0 saturated heterocycles. The van der Waals surface area contributed by atoms with Gasteiger partial charge in [-0.15, -0.1) is 0 Å². The number of rotatable bonds is 1. The number of carboxylic acid groups (broad SMARTS) is 1. The Balaban J connectivity index is 0.000000217. The summed E-state index contributed by atoms with van der Waals surface area (Å²) < 4.78 is 11.9. The molecule has 0 aliphatic heterocycles. The Labute approximate surface area is 69.6 Å². The smallest absolute Gasteiger partial charge is 0.317 e. The number of halogens is 1. The number of benzene rings is 1. The minimum Gasteiger partial charge on any atom is -0.480 e. The molecule has 0 spiro atoms. The average molecular weight is 171 g/mol. The summed E-state index contributed by atoms with van der Waals surface area (Å²) in [4.78, 5) is 9.24. The van der Waals surface area contributed by atoms with Gasteiger partial charge in [0.2, 0.25) is 0 Å². The summed E-state index contributed by atoms with van der Waals surface area (Å²) in [6.45, 7) is -0.278. The van der Waals surface area contributed by atoms with Crippen molar-refractivity contribution in [2.75, 3.05) is 6.54 Å². The van der Waals surface area contributed by atoms with Crippen LogP contribution in [-0.4, -0.2) is 17.6 Å². The lowest BCUT2D eigenvalue weighted by Gasteiger charge is -1.78. The van der Waals surface area contributed by atoms with Crippen molar-refractivity contribution in [2.24, 2.45) is 5.73 Å². The lowest BCUT2D eigenvalue weighted by Crippen LogP contribution is -2.10. The molecule has 0 atom stereocenters. The van der Waals surface area contributed by atoms with E-state index in [0.29, 0.717) is 0 Å². The molecule has 3 N–H and O–H groups in total. The number of carbonyl (C=O) groups is 1. The SMILES string of the molecule is Fc1ccccc1.NCC(=O)O. The molecule has 1 aromatic rings. The van der Waals surface area contributed by atoms with Gasteiger partial charge < -0.3 is 10.8 Å². The van der Waals surface area contributed by atoms with Gasteiger partial charge in [-0.05, 0) is 12.1 Å². The second-order valence-corrected chi connectivity index (χ2v) is 1.89. The van der Waals surface area contributed by atoms with Gasteiger partial charge in [0.1, 0.15) is 5.82 Å². The highest BCUT2D eigenvalue weighted by Crippen LogP contribution is 1.91. The number of aliphatic carboxylic acids is 1. The molecule has 0 fully saturated rings. The zero-order valence-corrected chi connectivity index (χ0v) is 6.40. The van der Waals surface area contributed by atoms with Crippen LogP contribution in [0.4, 0.5) is 4.39 Å². The minimum atomic E-state index is -0.968. The van der Waals surface area contributed by atoms with E-state index >= 15 is 0 Å². The van der Waals surface area contributed by atoms with Crippen LogP contribution in [0.5, 0.6) is 0 Å². The van der Waals surface area contributed by atoms with E-state index in [1.807, 2.05) is 0 Å². The summed E-state index contributed by atoms with van der Waals surface area (Å²) in [5.74, 6) is -1.15. The predicted octanol–water partition coefficient (Wildman–Crippen LogP) is 0.855. The first-order valence-electron chi connectivity index (χ1n) is 3.29. The maximum absolute atomic E-state index is 11.9. The zero-order chi connectivity index (χ0) is 9.40. The molecule has 0 unspecified atom stereocenters. The maximum Gasteiger partial charge on any atom is 0.317 e. The Morgan fingerprint density at radius 1 is 1.42 bits per heavy atom. The minimum absolute atomic E-state index is 0.178. The molecule has 1 aromatic carbocycles. The van der Waals surface area contributed by atoms with Crippen molar-refractivity contribution in [3.05, 3.63) is 36.1 Å². The van der Waals surface area contributed by atoms with Gasteiger partial charge in [0.05, 0.1) is 6.54 Å². The van der Waals surface area contributed by atoms with Crippen LogP contribution in [0.2, 0.25) is 0 Å². The van der Waals surface area contributed by atoms with Gasteiger partial charge in [0, 0.05) is 0 Å². The highest BCUT2D eigenvalue weighted by Gasteiger charge is 1.81. The summed E-state index contributed by atoms with van der Waals surface area (Å²) in [7, 11) is 0. The van der Waals surface area contributed by atoms with E-state index in [2.05, 4.69) is 5.73 Å². The Hall–Kier alpha value is -1.42. The lowest BCUT2D eigenvalue weighted by atomic mass is 10.4. The van der Waals surface area contributed by atoms with Crippen molar-refractivity contribution < 1.29 is 14.3 Å². The molecule has 0 bridgehead atoms. The molecule has 0 radical (unpaired) electrons. The average Bonchev–Trinajstić information content (AvgIpc) is 2.07. The molecule has 66 valence electrons. The van der Waals surface area contributed by atoms with Crippen LogP contribution < -0.4 is 5.73 Å². The summed E-state index contributed by atoms with van der Waals surface area (Å²) in [6, 6.07) is 7.94. The molecular formula is C8H10FNO2. The highest BCUT2D eigenvalue weighted by atomic mass is 19.1. The van der Waals surface area contributed by atoms with Gasteiger partial charge in [0.15, 0.2) is 0 Å². The number of hydrogen-bond donors (Lipinski definition) is 2. The van der Waals surface area contributed by atoms with Crippen molar-refractivity contribution in [3.63, 3.8) is 0 Å². The molecule has 4 heteroatoms. The quantitative estimate of drug-likeness (QED) is 0.658. The van der Waals surface area contributed by atoms with Crippen LogP contribution in [0, 0.1) is 5.82 Å². The molecule has 0 saturated carbocycles. The van der Waals surface area contributed by atoms with Gasteiger partial charge in [-0.25, -0.2) is 4.39 Å². The normalized spacial score (nSPS) is 8.17. The van der Waals surface area contributed by atoms with Gasteiger partial charge in [-0.3, -0.25) is 4.79 Å². The van der Waals surface area contributed by atoms with Crippen LogP contribution in [0.3, 0.4) is 0 Å². The first-order valence-corrected chi connectivity index (χ1v) is 3.29. The van der Waals surface area contributed by atoms with Gasteiger partial charge in [-0.1, -0.05) is 18.2 Å². The van der Waals surface area contributed by atoms with Crippen LogP contribution >= 0.6 is 0 Å². The lowest BCUT2D eigenvalue weighted by molar-refractivity contribution is -0.135. The molecule has 0 aliphatic rings. The maximum atomic E-state index is 11.9. The van der Waals surface area contributed by atoms with E-state index in [0.717, 1.165) is 0 Å². The second-order valence-electron chi connectivity index (χ2n) is 1.89. The van der Waals surface area contributed by atoms with E-state index in [4.69, 9.17) is 5.11 Å². The first-order chi connectivity index (χ1) is 5.66. The molecular weight excluding hydrogens is 161 g/mol. The predicted molar refractivity (Wildman–Crippen MR) is 43.1 cm³/mol. The third-order valence-electron chi connectivity index (χ3n) is 0.908. The fourth-order valence-corrected chi connectivity index (χ4v) is 0.415. The molecule has 0 aliphatic carbocycles. The van der Waals surface area contributed by atoms with Crippen molar-refractivity contribution in [1.82, 2.24) is 0 Å². The van der Waals surface area contributed by atoms with Crippen LogP contribution in [0.15, 0.2) is 30.3 Å². The molecule has 0 heterocycles. The summed E-state index contributed by atoms with van der Waals surface area (Å²) in [6.07, 6.45) is 0. The van der Waals surface area contributed by atoms with Gasteiger partial charge in [-0.2, -0.15) is 0 Å². The highest BCUT2D eigenvalue weighted by molar-refractivity contribution is 5.68. The first kappa shape index (κ1) is 10.6. The standard InChI is InChI=1S/C6H5F.C2H5NO2/c7-6-4-2-1-3-5-6;3-1-2(4)5/h1-5H;1,3H2,(H,4,5). The van der Waals surface area contributed by atoms with E-state index in [-0.39, 0.29) is 12.4 Å². The Morgan fingerprint density at radius 3 is 2.00 bits per heavy atom. The van der Waals surface area contributed by atoms with E-state index in [1.54, 1.807) is 18.2 Å². The van der Waals surface area contributed by atoms with Crippen molar-refractivity contribution >= 4 is 5.97 Å². The second kappa shape index (κ2) is 6.30. The number of nitrogens with two attached hydrogens (primary N) is 1. The third kappa shape index (κ3) is 6.70. The van der Waals surface area contributed by atoms with Crippen LogP contribution in [0.1, 0.15) is 0 Å². The molecule has 3 nitrogen and oxygen atoms in total. The van der Waals surface area contributed by atoms with Crippen molar-refractivity contribution in [3.8, 4) is 0 Å².